The SMILES string of the molecule is Cc1ccc(-n2nc(C(F)F)c(CO)c2Cl)cc1. The summed E-state index contributed by atoms with van der Waals surface area (Å²) in [6.07, 6.45) is -2.77. The van der Waals surface area contributed by atoms with Gasteiger partial charge in [0.05, 0.1) is 12.3 Å². The number of nitrogens with zero attached hydrogens (tertiary/aromatic N) is 2. The molecule has 0 unspecified atom stereocenters. The standard InChI is InChI=1S/C12H11ClF2N2O/c1-7-2-4-8(5-3-7)17-11(13)9(6-18)10(16-17)12(14)15/h2-5,12,18H,6H2,1H3. The fourth-order valence-corrected chi connectivity index (χ4v) is 1.92. The predicted molar refractivity (Wildman–Crippen MR) is 64.2 cm³/mol. The third kappa shape index (κ3) is 2.23. The Hall–Kier alpha value is -1.46. The number of hydrogen-bond donors (Lipinski definition) is 1. The second-order valence-electron chi connectivity index (χ2n) is 3.86. The largest absolute Gasteiger partial charge is 0.391 e. The monoisotopic (exact) mass is 272 g/mol. The van der Waals surface area contributed by atoms with Crippen LogP contribution in [0.2, 0.25) is 5.15 Å². The van der Waals surface area contributed by atoms with Gasteiger partial charge in [-0.2, -0.15) is 5.10 Å². The van der Waals surface area contributed by atoms with Crippen molar-refractivity contribution in [1.29, 1.82) is 0 Å². The Morgan fingerprint density at radius 2 is 1.94 bits per heavy atom. The van der Waals surface area contributed by atoms with E-state index < -0.39 is 18.7 Å². The molecule has 6 heteroatoms. The summed E-state index contributed by atoms with van der Waals surface area (Å²) in [6, 6.07) is 7.11. The average Bonchev–Trinajstić information content (AvgIpc) is 2.67. The first-order chi connectivity index (χ1) is 8.54. The Balaban J connectivity index is 2.55. The van der Waals surface area contributed by atoms with Crippen LogP contribution in [-0.2, 0) is 6.61 Å². The van der Waals surface area contributed by atoms with Crippen LogP contribution < -0.4 is 0 Å². The summed E-state index contributed by atoms with van der Waals surface area (Å²) < 4.78 is 26.7. The van der Waals surface area contributed by atoms with Crippen molar-refractivity contribution in [3.8, 4) is 5.69 Å². The average molecular weight is 273 g/mol. The fraction of sp³-hybridized carbons (Fsp3) is 0.250. The molecule has 1 N–H and O–H groups in total. The maximum atomic E-state index is 12.7. The molecule has 1 heterocycles. The number of aryl methyl sites for hydroxylation is 1. The van der Waals surface area contributed by atoms with Crippen LogP contribution in [0.5, 0.6) is 0 Å². The lowest BCUT2D eigenvalue weighted by molar-refractivity contribution is 0.141. The summed E-state index contributed by atoms with van der Waals surface area (Å²) in [6.45, 7) is 1.35. The second kappa shape index (κ2) is 5.04. The number of benzene rings is 1. The van der Waals surface area contributed by atoms with Gasteiger partial charge in [0.25, 0.3) is 6.43 Å². The van der Waals surface area contributed by atoms with E-state index in [0.29, 0.717) is 5.69 Å². The summed E-state index contributed by atoms with van der Waals surface area (Å²) in [7, 11) is 0. The van der Waals surface area contributed by atoms with Gasteiger partial charge in [0.2, 0.25) is 0 Å². The van der Waals surface area contributed by atoms with Crippen LogP contribution in [0.1, 0.15) is 23.2 Å². The maximum Gasteiger partial charge on any atom is 0.282 e. The van der Waals surface area contributed by atoms with Gasteiger partial charge in [-0.15, -0.1) is 0 Å². The first-order valence-corrected chi connectivity index (χ1v) is 5.65. The Morgan fingerprint density at radius 3 is 2.39 bits per heavy atom. The molecule has 1 aromatic carbocycles. The zero-order chi connectivity index (χ0) is 13.3. The first-order valence-electron chi connectivity index (χ1n) is 5.28. The van der Waals surface area contributed by atoms with Crippen molar-refractivity contribution in [3.05, 3.63) is 46.2 Å². The smallest absolute Gasteiger partial charge is 0.282 e. The van der Waals surface area contributed by atoms with Crippen LogP contribution in [0.4, 0.5) is 8.78 Å². The summed E-state index contributed by atoms with van der Waals surface area (Å²) in [5.74, 6) is 0. The number of aliphatic hydroxyl groups is 1. The van der Waals surface area contributed by atoms with Gasteiger partial charge < -0.3 is 5.11 Å². The van der Waals surface area contributed by atoms with E-state index in [1.165, 1.54) is 4.68 Å². The number of alkyl halides is 2. The second-order valence-corrected chi connectivity index (χ2v) is 4.22. The van der Waals surface area contributed by atoms with Gasteiger partial charge >= 0.3 is 0 Å². The van der Waals surface area contributed by atoms with Crippen molar-refractivity contribution in [2.75, 3.05) is 0 Å². The topological polar surface area (TPSA) is 38.0 Å². The van der Waals surface area contributed by atoms with Gasteiger partial charge in [0.15, 0.2) is 0 Å². The van der Waals surface area contributed by atoms with Crippen LogP contribution in [0.3, 0.4) is 0 Å². The Morgan fingerprint density at radius 1 is 1.33 bits per heavy atom. The molecule has 0 saturated carbocycles. The number of aromatic nitrogens is 2. The van der Waals surface area contributed by atoms with Crippen LogP contribution in [-0.4, -0.2) is 14.9 Å². The van der Waals surface area contributed by atoms with E-state index in [4.69, 9.17) is 16.7 Å². The van der Waals surface area contributed by atoms with E-state index in [-0.39, 0.29) is 10.7 Å². The van der Waals surface area contributed by atoms with Gasteiger partial charge in [-0.1, -0.05) is 29.3 Å². The molecule has 96 valence electrons. The van der Waals surface area contributed by atoms with Crippen LogP contribution >= 0.6 is 11.6 Å². The normalized spacial score (nSPS) is 11.2. The quantitative estimate of drug-likeness (QED) is 0.931. The lowest BCUT2D eigenvalue weighted by Gasteiger charge is -2.03. The summed E-state index contributed by atoms with van der Waals surface area (Å²) in [5, 5.41) is 12.8. The number of aliphatic hydroxyl groups excluding tert-OH is 1. The van der Waals surface area contributed by atoms with Crippen molar-refractivity contribution in [3.63, 3.8) is 0 Å². The summed E-state index contributed by atoms with van der Waals surface area (Å²) >= 11 is 5.96. The van der Waals surface area contributed by atoms with Gasteiger partial charge in [-0.3, -0.25) is 0 Å². The molecule has 0 aliphatic rings. The molecule has 2 aromatic rings. The maximum absolute atomic E-state index is 12.7. The molecule has 3 nitrogen and oxygen atoms in total. The van der Waals surface area contributed by atoms with Crippen molar-refractivity contribution in [2.45, 2.75) is 20.0 Å². The Bertz CT molecular complexity index is 552. The molecule has 0 aliphatic heterocycles. The van der Waals surface area contributed by atoms with E-state index in [9.17, 15) is 8.78 Å². The molecule has 2 rings (SSSR count). The Kier molecular flexibility index (Phi) is 3.63. The molecular formula is C12H11ClF2N2O. The minimum Gasteiger partial charge on any atom is -0.391 e. The van der Waals surface area contributed by atoms with E-state index in [1.54, 1.807) is 12.1 Å². The van der Waals surface area contributed by atoms with E-state index >= 15 is 0 Å². The number of hydrogen-bond acceptors (Lipinski definition) is 2. The van der Waals surface area contributed by atoms with E-state index in [1.807, 2.05) is 19.1 Å². The van der Waals surface area contributed by atoms with Crippen molar-refractivity contribution < 1.29 is 13.9 Å². The number of rotatable bonds is 3. The molecule has 18 heavy (non-hydrogen) atoms. The molecule has 0 fully saturated rings. The van der Waals surface area contributed by atoms with Crippen LogP contribution in [0.15, 0.2) is 24.3 Å². The zero-order valence-corrected chi connectivity index (χ0v) is 10.3. The van der Waals surface area contributed by atoms with Gasteiger partial charge in [0, 0.05) is 5.56 Å². The molecule has 0 amide bonds. The Labute approximate surface area is 108 Å². The van der Waals surface area contributed by atoms with Gasteiger partial charge in [0.1, 0.15) is 10.8 Å². The highest BCUT2D eigenvalue weighted by Crippen LogP contribution is 2.29. The predicted octanol–water partition coefficient (Wildman–Crippen LogP) is 3.26. The first kappa shape index (κ1) is 13.0. The third-order valence-electron chi connectivity index (χ3n) is 2.60. The lowest BCUT2D eigenvalue weighted by atomic mass is 10.2. The highest BCUT2D eigenvalue weighted by Gasteiger charge is 2.23. The molecule has 0 aliphatic carbocycles. The molecule has 0 saturated heterocycles. The molecule has 1 aromatic heterocycles. The van der Waals surface area contributed by atoms with Gasteiger partial charge in [-0.05, 0) is 19.1 Å². The van der Waals surface area contributed by atoms with E-state index in [0.717, 1.165) is 5.56 Å². The van der Waals surface area contributed by atoms with Crippen molar-refractivity contribution in [1.82, 2.24) is 9.78 Å². The minimum atomic E-state index is -2.77. The molecule has 0 radical (unpaired) electrons. The highest BCUT2D eigenvalue weighted by molar-refractivity contribution is 6.30. The zero-order valence-electron chi connectivity index (χ0n) is 9.57. The molecule has 0 bridgehead atoms. The lowest BCUT2D eigenvalue weighted by Crippen LogP contribution is -1.97. The summed E-state index contributed by atoms with van der Waals surface area (Å²) in [5.41, 5.74) is 1.10. The fourth-order valence-electron chi connectivity index (χ4n) is 1.62. The van der Waals surface area contributed by atoms with E-state index in [2.05, 4.69) is 5.10 Å². The molecule has 0 spiro atoms. The number of halogens is 3. The van der Waals surface area contributed by atoms with Crippen LogP contribution in [0, 0.1) is 6.92 Å². The molecule has 0 atom stereocenters. The van der Waals surface area contributed by atoms with Gasteiger partial charge in [-0.25, -0.2) is 13.5 Å². The van der Waals surface area contributed by atoms with Crippen molar-refractivity contribution in [2.24, 2.45) is 0 Å². The minimum absolute atomic E-state index is 0.0108. The third-order valence-corrected chi connectivity index (χ3v) is 2.98. The summed E-state index contributed by atoms with van der Waals surface area (Å²) in [4.78, 5) is 0. The molecular weight excluding hydrogens is 262 g/mol. The van der Waals surface area contributed by atoms with Crippen LogP contribution in [0.25, 0.3) is 5.69 Å². The van der Waals surface area contributed by atoms with Crippen molar-refractivity contribution >= 4 is 11.6 Å². The highest BCUT2D eigenvalue weighted by atomic mass is 35.5.